The molecule has 0 bridgehead atoms. The zero-order valence-corrected chi connectivity index (χ0v) is 16.6. The van der Waals surface area contributed by atoms with Crippen molar-refractivity contribution in [2.75, 3.05) is 5.32 Å². The third-order valence-corrected chi connectivity index (χ3v) is 4.67. The van der Waals surface area contributed by atoms with Crippen molar-refractivity contribution in [1.82, 2.24) is 4.98 Å². The van der Waals surface area contributed by atoms with E-state index in [9.17, 15) is 18.0 Å². The van der Waals surface area contributed by atoms with E-state index in [0.717, 1.165) is 23.3 Å². The average molecular weight is 434 g/mol. The number of amides is 1. The van der Waals surface area contributed by atoms with Gasteiger partial charge in [0.15, 0.2) is 5.75 Å². The van der Waals surface area contributed by atoms with E-state index in [2.05, 4.69) is 10.3 Å². The monoisotopic (exact) mass is 434 g/mol. The molecule has 0 unspecified atom stereocenters. The molecule has 0 aliphatic carbocycles. The van der Waals surface area contributed by atoms with E-state index >= 15 is 0 Å². The summed E-state index contributed by atoms with van der Waals surface area (Å²) in [6.45, 7) is 0. The predicted molar refractivity (Wildman–Crippen MR) is 116 cm³/mol. The first-order valence-corrected chi connectivity index (χ1v) is 9.67. The van der Waals surface area contributed by atoms with Gasteiger partial charge in [0.1, 0.15) is 5.75 Å². The molecule has 0 saturated heterocycles. The average Bonchev–Trinajstić information content (AvgIpc) is 2.81. The Morgan fingerprint density at radius 2 is 1.59 bits per heavy atom. The minimum Gasteiger partial charge on any atom is -0.455 e. The van der Waals surface area contributed by atoms with Crippen LogP contribution >= 0.6 is 0 Å². The number of pyridine rings is 1. The van der Waals surface area contributed by atoms with E-state index in [4.69, 9.17) is 4.74 Å². The third-order valence-electron chi connectivity index (χ3n) is 4.67. The Morgan fingerprint density at radius 3 is 2.31 bits per heavy atom. The van der Waals surface area contributed by atoms with Crippen LogP contribution in [0.15, 0.2) is 97.3 Å². The molecule has 160 valence electrons. The molecule has 1 N–H and O–H groups in total. The number of carbonyl (C=O) groups is 1. The van der Waals surface area contributed by atoms with Gasteiger partial charge in [-0.25, -0.2) is 0 Å². The molecule has 4 aromatic rings. The van der Waals surface area contributed by atoms with Crippen molar-refractivity contribution in [3.05, 3.63) is 108 Å². The minimum absolute atomic E-state index is 0.0821. The number of anilines is 1. The molecular weight excluding hydrogens is 417 g/mol. The first kappa shape index (κ1) is 21.1. The van der Waals surface area contributed by atoms with Crippen LogP contribution in [0.4, 0.5) is 18.9 Å². The van der Waals surface area contributed by atoms with Crippen LogP contribution in [0.2, 0.25) is 0 Å². The van der Waals surface area contributed by atoms with E-state index in [1.807, 2.05) is 42.5 Å². The summed E-state index contributed by atoms with van der Waals surface area (Å²) in [5, 5.41) is 2.51. The predicted octanol–water partition coefficient (Wildman–Crippen LogP) is 6.81. The number of ether oxygens (including phenoxy) is 1. The lowest BCUT2D eigenvalue weighted by Crippen LogP contribution is -2.14. The number of alkyl halides is 3. The molecule has 3 aromatic carbocycles. The van der Waals surface area contributed by atoms with Gasteiger partial charge in [-0.05, 0) is 42.0 Å². The molecule has 1 amide bonds. The zero-order valence-electron chi connectivity index (χ0n) is 16.6. The number of hydrogen-bond acceptors (Lipinski definition) is 3. The van der Waals surface area contributed by atoms with Crippen molar-refractivity contribution in [3.63, 3.8) is 0 Å². The molecule has 1 aromatic heterocycles. The topological polar surface area (TPSA) is 51.2 Å². The molecule has 1 heterocycles. The van der Waals surface area contributed by atoms with Gasteiger partial charge >= 0.3 is 6.18 Å². The van der Waals surface area contributed by atoms with Crippen molar-refractivity contribution < 1.29 is 22.7 Å². The smallest absolute Gasteiger partial charge is 0.416 e. The molecule has 4 rings (SSSR count). The van der Waals surface area contributed by atoms with Gasteiger partial charge in [0, 0.05) is 18.0 Å². The number of carbonyl (C=O) groups excluding carboxylic acids is 1. The maximum atomic E-state index is 13.3. The highest BCUT2D eigenvalue weighted by molar-refractivity contribution is 6.04. The summed E-state index contributed by atoms with van der Waals surface area (Å²) in [4.78, 5) is 16.4. The lowest BCUT2D eigenvalue weighted by molar-refractivity contribution is -0.137. The quantitative estimate of drug-likeness (QED) is 0.375. The first-order chi connectivity index (χ1) is 15.4. The lowest BCUT2D eigenvalue weighted by Gasteiger charge is -2.17. The fourth-order valence-corrected chi connectivity index (χ4v) is 3.11. The van der Waals surface area contributed by atoms with Gasteiger partial charge in [0.2, 0.25) is 0 Å². The molecule has 0 saturated carbocycles. The summed E-state index contributed by atoms with van der Waals surface area (Å²) in [6, 6.07) is 22.7. The number of benzene rings is 3. The first-order valence-electron chi connectivity index (χ1n) is 9.67. The largest absolute Gasteiger partial charge is 0.455 e. The number of rotatable bonds is 5. The summed E-state index contributed by atoms with van der Waals surface area (Å²) >= 11 is 0. The number of halogens is 3. The Hall–Kier alpha value is -4.13. The van der Waals surface area contributed by atoms with E-state index < -0.39 is 17.6 Å². The number of para-hydroxylation sites is 1. The second-order valence-electron chi connectivity index (χ2n) is 6.87. The van der Waals surface area contributed by atoms with Crippen LogP contribution in [0.5, 0.6) is 11.5 Å². The number of hydrogen-bond donors (Lipinski definition) is 1. The van der Waals surface area contributed by atoms with Gasteiger partial charge in [-0.3, -0.25) is 9.78 Å². The van der Waals surface area contributed by atoms with Gasteiger partial charge in [0.05, 0.1) is 16.8 Å². The van der Waals surface area contributed by atoms with Gasteiger partial charge < -0.3 is 10.1 Å². The highest BCUT2D eigenvalue weighted by Crippen LogP contribution is 2.39. The summed E-state index contributed by atoms with van der Waals surface area (Å²) in [5.74, 6) is -0.0763. The van der Waals surface area contributed by atoms with Gasteiger partial charge in [0.25, 0.3) is 5.91 Å². The van der Waals surface area contributed by atoms with Crippen LogP contribution < -0.4 is 10.1 Å². The SMILES string of the molecule is O=C(Nc1cc(C(F)(F)F)ccc1Oc1ccccc1-c1ccccc1)c1cccnc1. The van der Waals surface area contributed by atoms with E-state index in [1.165, 1.54) is 24.5 Å². The van der Waals surface area contributed by atoms with Gasteiger partial charge in [-0.2, -0.15) is 13.2 Å². The Morgan fingerprint density at radius 1 is 0.844 bits per heavy atom. The van der Waals surface area contributed by atoms with Crippen LogP contribution in [0, 0.1) is 0 Å². The number of nitrogens with zero attached hydrogens (tertiary/aromatic N) is 1. The molecule has 0 aliphatic rings. The maximum Gasteiger partial charge on any atom is 0.416 e. The molecule has 4 nitrogen and oxygen atoms in total. The fraction of sp³-hybridized carbons (Fsp3) is 0.0400. The van der Waals surface area contributed by atoms with Gasteiger partial charge in [-0.1, -0.05) is 48.5 Å². The molecule has 0 aliphatic heterocycles. The third kappa shape index (κ3) is 4.78. The van der Waals surface area contributed by atoms with Crippen LogP contribution in [0.3, 0.4) is 0 Å². The molecule has 7 heteroatoms. The standard InChI is InChI=1S/C25H17F3N2O2/c26-25(27,28)19-12-13-23(21(15-19)30-24(31)18-9-6-14-29-16-18)32-22-11-5-4-10-20(22)17-7-2-1-3-8-17/h1-16H,(H,30,31). The lowest BCUT2D eigenvalue weighted by atomic mass is 10.0. The molecule has 0 fully saturated rings. The van der Waals surface area contributed by atoms with Crippen molar-refractivity contribution in [2.24, 2.45) is 0 Å². The van der Waals surface area contributed by atoms with Crippen LogP contribution in [-0.2, 0) is 6.18 Å². The number of nitrogens with one attached hydrogen (secondary N) is 1. The molecule has 0 atom stereocenters. The second-order valence-corrected chi connectivity index (χ2v) is 6.87. The van der Waals surface area contributed by atoms with Crippen molar-refractivity contribution >= 4 is 11.6 Å². The Bertz CT molecular complexity index is 1230. The maximum absolute atomic E-state index is 13.3. The molecule has 0 spiro atoms. The summed E-state index contributed by atoms with van der Waals surface area (Å²) in [6.07, 6.45) is -1.75. The van der Waals surface area contributed by atoms with E-state index in [1.54, 1.807) is 18.2 Å². The molecule has 0 radical (unpaired) electrons. The van der Waals surface area contributed by atoms with Crippen molar-refractivity contribution in [1.29, 1.82) is 0 Å². The summed E-state index contributed by atoms with van der Waals surface area (Å²) in [5.41, 5.74) is 0.855. The Kier molecular flexibility index (Phi) is 5.89. The van der Waals surface area contributed by atoms with Crippen molar-refractivity contribution in [2.45, 2.75) is 6.18 Å². The van der Waals surface area contributed by atoms with Crippen LogP contribution in [-0.4, -0.2) is 10.9 Å². The normalized spacial score (nSPS) is 11.1. The Balaban J connectivity index is 1.72. The number of aromatic nitrogens is 1. The van der Waals surface area contributed by atoms with E-state index in [-0.39, 0.29) is 17.0 Å². The van der Waals surface area contributed by atoms with Gasteiger partial charge in [-0.15, -0.1) is 0 Å². The molecular formula is C25H17F3N2O2. The van der Waals surface area contributed by atoms with Crippen LogP contribution in [0.1, 0.15) is 15.9 Å². The Labute approximate surface area is 182 Å². The fourth-order valence-electron chi connectivity index (χ4n) is 3.11. The minimum atomic E-state index is -4.58. The van der Waals surface area contributed by atoms with E-state index in [0.29, 0.717) is 5.75 Å². The summed E-state index contributed by atoms with van der Waals surface area (Å²) < 4.78 is 45.9. The second kappa shape index (κ2) is 8.93. The summed E-state index contributed by atoms with van der Waals surface area (Å²) in [7, 11) is 0. The molecule has 32 heavy (non-hydrogen) atoms. The highest BCUT2D eigenvalue weighted by Gasteiger charge is 2.31. The van der Waals surface area contributed by atoms with Crippen LogP contribution in [0.25, 0.3) is 11.1 Å². The van der Waals surface area contributed by atoms with Crippen molar-refractivity contribution in [3.8, 4) is 22.6 Å². The zero-order chi connectivity index (χ0) is 22.6. The highest BCUT2D eigenvalue weighted by atomic mass is 19.4.